The molecule has 0 unspecified atom stereocenters. The number of rotatable bonds is 2. The molecule has 4 fully saturated rings. The molecule has 4 saturated carbocycles. The van der Waals surface area contributed by atoms with Crippen molar-refractivity contribution in [3.63, 3.8) is 0 Å². The second-order valence-corrected chi connectivity index (χ2v) is 9.42. The molecule has 1 aromatic carbocycles. The molecule has 2 amide bonds. The number of hydrogen-bond donors (Lipinski definition) is 2. The molecule has 0 radical (unpaired) electrons. The predicted octanol–water partition coefficient (Wildman–Crippen LogP) is 3.77. The molecule has 1 aromatic rings. The summed E-state index contributed by atoms with van der Waals surface area (Å²) in [6, 6.07) is 8.18. The summed E-state index contributed by atoms with van der Waals surface area (Å²) in [7, 11) is 2.02. The van der Waals surface area contributed by atoms with Crippen molar-refractivity contribution in [2.45, 2.75) is 69.5 Å². The SMILES string of the molecule is CN(C(=O)[C@@H]1C[C@H]2CC[C@@H]1C[C@@]21NC(=O)c2ccccc2N1)C1CCCCC1. The van der Waals surface area contributed by atoms with Crippen LogP contribution in [0.5, 0.6) is 0 Å². The minimum atomic E-state index is -0.380. The lowest BCUT2D eigenvalue weighted by atomic mass is 9.58. The molecule has 5 heteroatoms. The third-order valence-electron chi connectivity index (χ3n) is 7.93. The predicted molar refractivity (Wildman–Crippen MR) is 109 cm³/mol. The molecule has 150 valence electrons. The van der Waals surface area contributed by atoms with Crippen LogP contribution < -0.4 is 10.6 Å². The van der Waals surface area contributed by atoms with Crippen LogP contribution in [-0.2, 0) is 4.79 Å². The van der Waals surface area contributed by atoms with Crippen molar-refractivity contribution in [1.29, 1.82) is 0 Å². The van der Waals surface area contributed by atoms with Gasteiger partial charge in [-0.1, -0.05) is 31.4 Å². The molecule has 4 aliphatic carbocycles. The Morgan fingerprint density at radius 2 is 1.86 bits per heavy atom. The highest BCUT2D eigenvalue weighted by Gasteiger charge is 2.55. The summed E-state index contributed by atoms with van der Waals surface area (Å²) in [5.41, 5.74) is 1.27. The molecule has 1 aliphatic heterocycles. The number of nitrogens with one attached hydrogen (secondary N) is 2. The summed E-state index contributed by atoms with van der Waals surface area (Å²) in [5.74, 6) is 1.14. The maximum atomic E-state index is 13.3. The molecule has 5 aliphatic rings. The quantitative estimate of drug-likeness (QED) is 0.820. The van der Waals surface area contributed by atoms with E-state index in [1.807, 2.05) is 31.3 Å². The van der Waals surface area contributed by atoms with E-state index in [2.05, 4.69) is 15.5 Å². The third-order valence-corrected chi connectivity index (χ3v) is 7.93. The van der Waals surface area contributed by atoms with Gasteiger partial charge in [0.2, 0.25) is 5.91 Å². The number of fused-ring (bicyclic) bond motifs is 3. The average Bonchev–Trinajstić information content (AvgIpc) is 2.73. The van der Waals surface area contributed by atoms with Gasteiger partial charge in [0.15, 0.2) is 0 Å². The van der Waals surface area contributed by atoms with Crippen molar-refractivity contribution in [3.8, 4) is 0 Å². The Labute approximate surface area is 167 Å². The second kappa shape index (κ2) is 6.78. The van der Waals surface area contributed by atoms with Crippen LogP contribution >= 0.6 is 0 Å². The molecule has 5 nitrogen and oxygen atoms in total. The number of para-hydroxylation sites is 1. The molecule has 4 atom stereocenters. The van der Waals surface area contributed by atoms with Gasteiger partial charge in [-0.3, -0.25) is 9.59 Å². The molecular formula is C23H31N3O2. The smallest absolute Gasteiger partial charge is 0.255 e. The number of hydrogen-bond acceptors (Lipinski definition) is 3. The van der Waals surface area contributed by atoms with Gasteiger partial charge in [0.1, 0.15) is 5.66 Å². The first kappa shape index (κ1) is 18.0. The number of amides is 2. The Kier molecular flexibility index (Phi) is 4.37. The highest BCUT2D eigenvalue weighted by molar-refractivity contribution is 6.02. The molecule has 0 aromatic heterocycles. The highest BCUT2D eigenvalue weighted by atomic mass is 16.2. The van der Waals surface area contributed by atoms with Crippen LogP contribution in [0.1, 0.15) is 68.1 Å². The summed E-state index contributed by atoms with van der Waals surface area (Å²) in [4.78, 5) is 28.1. The third kappa shape index (κ3) is 2.82. The van der Waals surface area contributed by atoms with E-state index in [9.17, 15) is 9.59 Å². The molecular weight excluding hydrogens is 350 g/mol. The number of anilines is 1. The summed E-state index contributed by atoms with van der Waals surface area (Å²) >= 11 is 0. The average molecular weight is 382 g/mol. The van der Waals surface area contributed by atoms with Gasteiger partial charge in [0, 0.05) is 30.6 Å². The molecule has 2 N–H and O–H groups in total. The normalized spacial score (nSPS) is 34.5. The maximum Gasteiger partial charge on any atom is 0.255 e. The monoisotopic (exact) mass is 381 g/mol. The molecule has 28 heavy (non-hydrogen) atoms. The molecule has 0 saturated heterocycles. The number of benzene rings is 1. The summed E-state index contributed by atoms with van der Waals surface area (Å²) in [6.45, 7) is 0. The minimum absolute atomic E-state index is 0.0177. The molecule has 1 spiro atoms. The fourth-order valence-electron chi connectivity index (χ4n) is 6.36. The zero-order chi connectivity index (χ0) is 19.3. The summed E-state index contributed by atoms with van der Waals surface area (Å²) in [6.07, 6.45) is 10.0. The number of carbonyl (C=O) groups excluding carboxylic acids is 2. The lowest BCUT2D eigenvalue weighted by Crippen LogP contribution is -2.68. The van der Waals surface area contributed by atoms with Gasteiger partial charge in [0.25, 0.3) is 5.91 Å². The van der Waals surface area contributed by atoms with E-state index in [4.69, 9.17) is 0 Å². The van der Waals surface area contributed by atoms with E-state index < -0.39 is 0 Å². The van der Waals surface area contributed by atoms with Gasteiger partial charge < -0.3 is 15.5 Å². The van der Waals surface area contributed by atoms with Crippen molar-refractivity contribution in [3.05, 3.63) is 29.8 Å². The van der Waals surface area contributed by atoms with Gasteiger partial charge in [-0.25, -0.2) is 0 Å². The van der Waals surface area contributed by atoms with Crippen molar-refractivity contribution >= 4 is 17.5 Å². The van der Waals surface area contributed by atoms with Gasteiger partial charge in [-0.15, -0.1) is 0 Å². The summed E-state index contributed by atoms with van der Waals surface area (Å²) in [5, 5.41) is 6.97. The first-order valence-electron chi connectivity index (χ1n) is 11.0. The van der Waals surface area contributed by atoms with Crippen LogP contribution in [0.25, 0.3) is 0 Å². The second-order valence-electron chi connectivity index (χ2n) is 9.42. The van der Waals surface area contributed by atoms with E-state index in [1.165, 1.54) is 19.3 Å². The standard InChI is InChI=1S/C23H31N3O2/c1-26(17-7-3-2-4-8-17)22(28)19-13-16-12-11-15(19)14-23(16)24-20-10-6-5-9-18(20)21(27)25-23/h5-6,9-10,15-17,19,24H,2-4,7-8,11-14H2,1H3,(H,25,27)/t15-,16-,19-,23-/m1/s1. The summed E-state index contributed by atoms with van der Waals surface area (Å²) < 4.78 is 0. The Morgan fingerprint density at radius 3 is 2.61 bits per heavy atom. The lowest BCUT2D eigenvalue weighted by Gasteiger charge is -2.57. The first-order valence-corrected chi connectivity index (χ1v) is 11.0. The van der Waals surface area contributed by atoms with E-state index >= 15 is 0 Å². The Bertz CT molecular complexity index is 788. The van der Waals surface area contributed by atoms with Crippen LogP contribution in [0, 0.1) is 17.8 Å². The van der Waals surface area contributed by atoms with E-state index in [-0.39, 0.29) is 17.5 Å². The van der Waals surface area contributed by atoms with Crippen molar-refractivity contribution < 1.29 is 9.59 Å². The van der Waals surface area contributed by atoms with E-state index in [0.717, 1.165) is 49.8 Å². The number of nitrogens with zero attached hydrogens (tertiary/aromatic N) is 1. The van der Waals surface area contributed by atoms with Crippen LogP contribution in [-0.4, -0.2) is 35.5 Å². The largest absolute Gasteiger partial charge is 0.362 e. The molecule has 6 rings (SSSR count). The minimum Gasteiger partial charge on any atom is -0.362 e. The zero-order valence-electron chi connectivity index (χ0n) is 16.7. The van der Waals surface area contributed by atoms with Crippen LogP contribution in [0.3, 0.4) is 0 Å². The Balaban J connectivity index is 1.34. The van der Waals surface area contributed by atoms with Crippen LogP contribution in [0.15, 0.2) is 24.3 Å². The first-order chi connectivity index (χ1) is 13.6. The Hall–Kier alpha value is -2.04. The van der Waals surface area contributed by atoms with E-state index in [1.54, 1.807) is 0 Å². The fraction of sp³-hybridized carbons (Fsp3) is 0.652. The van der Waals surface area contributed by atoms with Crippen LogP contribution in [0.2, 0.25) is 0 Å². The number of carbonyl (C=O) groups is 2. The molecule has 1 heterocycles. The topological polar surface area (TPSA) is 61.4 Å². The fourth-order valence-corrected chi connectivity index (χ4v) is 6.36. The van der Waals surface area contributed by atoms with Crippen molar-refractivity contribution in [2.24, 2.45) is 17.8 Å². The van der Waals surface area contributed by atoms with Gasteiger partial charge in [-0.2, -0.15) is 0 Å². The lowest BCUT2D eigenvalue weighted by molar-refractivity contribution is -0.144. The van der Waals surface area contributed by atoms with Gasteiger partial charge >= 0.3 is 0 Å². The maximum absolute atomic E-state index is 13.3. The highest BCUT2D eigenvalue weighted by Crippen LogP contribution is 2.52. The zero-order valence-corrected chi connectivity index (χ0v) is 16.7. The van der Waals surface area contributed by atoms with E-state index in [0.29, 0.717) is 23.8 Å². The van der Waals surface area contributed by atoms with Gasteiger partial charge in [-0.05, 0) is 56.6 Å². The Morgan fingerprint density at radius 1 is 1.07 bits per heavy atom. The molecule has 2 bridgehead atoms. The van der Waals surface area contributed by atoms with Crippen molar-refractivity contribution in [1.82, 2.24) is 10.2 Å². The van der Waals surface area contributed by atoms with Gasteiger partial charge in [0.05, 0.1) is 5.56 Å². The van der Waals surface area contributed by atoms with Crippen LogP contribution in [0.4, 0.5) is 5.69 Å². The van der Waals surface area contributed by atoms with Crippen molar-refractivity contribution in [2.75, 3.05) is 12.4 Å².